The Morgan fingerprint density at radius 2 is 1.97 bits per heavy atom. The number of benzene rings is 1. The molecule has 2 fully saturated rings. The molecule has 4 rings (SSSR count). The van der Waals surface area contributed by atoms with Crippen molar-refractivity contribution >= 4 is 34.5 Å². The number of likely N-dealkylation sites (tertiary alicyclic amines) is 1. The summed E-state index contributed by atoms with van der Waals surface area (Å²) in [5, 5.41) is 12.1. The number of nitro benzene ring substituents is 1. The fourth-order valence-electron chi connectivity index (χ4n) is 4.61. The van der Waals surface area contributed by atoms with E-state index >= 15 is 0 Å². The lowest BCUT2D eigenvalue weighted by Crippen LogP contribution is -2.39. The van der Waals surface area contributed by atoms with Gasteiger partial charge in [0.2, 0.25) is 5.78 Å². The molecule has 1 aromatic carbocycles. The molecule has 0 radical (unpaired) electrons. The monoisotopic (exact) mass is 486 g/mol. The van der Waals surface area contributed by atoms with Crippen molar-refractivity contribution in [1.29, 1.82) is 0 Å². The van der Waals surface area contributed by atoms with Crippen LogP contribution in [-0.2, 0) is 14.3 Å². The molecule has 0 aliphatic carbocycles. The Morgan fingerprint density at radius 1 is 1.24 bits per heavy atom. The van der Waals surface area contributed by atoms with Crippen LogP contribution in [0.5, 0.6) is 0 Å². The summed E-state index contributed by atoms with van der Waals surface area (Å²) in [5.74, 6) is -3.24. The van der Waals surface area contributed by atoms with E-state index in [4.69, 9.17) is 4.74 Å². The lowest BCUT2D eigenvalue weighted by molar-refractivity contribution is -0.385. The number of ether oxygens (including phenoxy) is 1. The maximum absolute atomic E-state index is 13.5. The molecular weight excluding hydrogens is 460 g/mol. The maximum Gasteiger partial charge on any atom is 0.291 e. The molecule has 2 aliphatic rings. The van der Waals surface area contributed by atoms with Gasteiger partial charge in [0, 0.05) is 38.3 Å². The molecule has 0 N–H and O–H groups in total. The van der Waals surface area contributed by atoms with Gasteiger partial charge in [-0.2, -0.15) is 0 Å². The smallest absolute Gasteiger partial charge is 0.291 e. The summed E-state index contributed by atoms with van der Waals surface area (Å²) in [6.07, 6.45) is 0.601. The van der Waals surface area contributed by atoms with Crippen molar-refractivity contribution in [3.63, 3.8) is 0 Å². The molecular formula is C23H26N4O6S. The third-order valence-corrected chi connectivity index (χ3v) is 7.30. The Balaban J connectivity index is 1.66. The van der Waals surface area contributed by atoms with Crippen molar-refractivity contribution in [3.8, 4) is 0 Å². The standard InChI is InChI=1S/C23H26N4O6S/c1-14-22(34-15(2)24-14)20(28)18-19(16-5-3-6-17(13-16)27(31)32)26(23(30)21(18)29)8-4-7-25-9-11-33-12-10-25/h3,5-6,13,18-19H,4,7-12H2,1-2H3. The minimum atomic E-state index is -1.27. The number of nitrogens with zero attached hydrogens (tertiary/aromatic N) is 4. The summed E-state index contributed by atoms with van der Waals surface area (Å²) in [7, 11) is 0. The number of hydrogen-bond donors (Lipinski definition) is 0. The van der Waals surface area contributed by atoms with Gasteiger partial charge >= 0.3 is 0 Å². The number of non-ortho nitro benzene ring substituents is 1. The van der Waals surface area contributed by atoms with Crippen LogP contribution in [0.1, 0.15) is 38.4 Å². The molecule has 2 unspecified atom stereocenters. The van der Waals surface area contributed by atoms with Crippen molar-refractivity contribution in [2.24, 2.45) is 5.92 Å². The van der Waals surface area contributed by atoms with Crippen molar-refractivity contribution in [2.75, 3.05) is 39.4 Å². The van der Waals surface area contributed by atoms with Crippen LogP contribution in [0.3, 0.4) is 0 Å². The first kappa shape index (κ1) is 24.1. The number of aryl methyl sites for hydroxylation is 2. The van der Waals surface area contributed by atoms with Crippen LogP contribution in [0.15, 0.2) is 24.3 Å². The molecule has 0 saturated carbocycles. The van der Waals surface area contributed by atoms with E-state index < -0.39 is 34.4 Å². The molecule has 2 aliphatic heterocycles. The van der Waals surface area contributed by atoms with E-state index in [1.54, 1.807) is 19.9 Å². The summed E-state index contributed by atoms with van der Waals surface area (Å²) >= 11 is 1.19. The van der Waals surface area contributed by atoms with E-state index in [-0.39, 0.29) is 12.2 Å². The third-order valence-electron chi connectivity index (χ3n) is 6.22. The minimum Gasteiger partial charge on any atom is -0.379 e. The van der Waals surface area contributed by atoms with Gasteiger partial charge in [0.15, 0.2) is 5.78 Å². The first-order valence-electron chi connectivity index (χ1n) is 11.2. The van der Waals surface area contributed by atoms with Crippen LogP contribution in [0.25, 0.3) is 0 Å². The minimum absolute atomic E-state index is 0.159. The molecule has 180 valence electrons. The van der Waals surface area contributed by atoms with Crippen LogP contribution in [-0.4, -0.2) is 76.6 Å². The fraction of sp³-hybridized carbons (Fsp3) is 0.478. The summed E-state index contributed by atoms with van der Waals surface area (Å²) in [5.41, 5.74) is 0.752. The number of ketones is 2. The number of carbonyl (C=O) groups excluding carboxylic acids is 3. The largest absolute Gasteiger partial charge is 0.379 e. The first-order valence-corrected chi connectivity index (χ1v) is 12.0. The second-order valence-electron chi connectivity index (χ2n) is 8.46. The van der Waals surface area contributed by atoms with Gasteiger partial charge in [-0.05, 0) is 25.8 Å². The molecule has 2 aromatic rings. The van der Waals surface area contributed by atoms with Gasteiger partial charge < -0.3 is 9.64 Å². The average molecular weight is 487 g/mol. The molecule has 11 heteroatoms. The molecule has 0 bridgehead atoms. The number of Topliss-reactive ketones (excluding diaryl/α,β-unsaturated/α-hetero) is 2. The van der Waals surface area contributed by atoms with E-state index in [0.717, 1.165) is 19.6 Å². The Kier molecular flexibility index (Phi) is 7.15. The molecule has 10 nitrogen and oxygen atoms in total. The van der Waals surface area contributed by atoms with Gasteiger partial charge in [-0.15, -0.1) is 11.3 Å². The van der Waals surface area contributed by atoms with Crippen LogP contribution in [0.2, 0.25) is 0 Å². The molecule has 3 heterocycles. The predicted octanol–water partition coefficient (Wildman–Crippen LogP) is 2.34. The summed E-state index contributed by atoms with van der Waals surface area (Å²) in [4.78, 5) is 58.8. The second kappa shape index (κ2) is 10.1. The van der Waals surface area contributed by atoms with Crippen LogP contribution in [0.4, 0.5) is 5.69 Å². The zero-order valence-corrected chi connectivity index (χ0v) is 19.9. The van der Waals surface area contributed by atoms with Crippen LogP contribution >= 0.6 is 11.3 Å². The summed E-state index contributed by atoms with van der Waals surface area (Å²) in [6, 6.07) is 4.92. The van der Waals surface area contributed by atoms with Gasteiger partial charge in [-0.3, -0.25) is 29.4 Å². The van der Waals surface area contributed by atoms with Crippen LogP contribution in [0, 0.1) is 29.9 Å². The van der Waals surface area contributed by atoms with E-state index in [9.17, 15) is 24.5 Å². The summed E-state index contributed by atoms with van der Waals surface area (Å²) in [6.45, 7) is 7.35. The molecule has 2 saturated heterocycles. The number of rotatable bonds is 8. The van der Waals surface area contributed by atoms with Gasteiger partial charge in [0.05, 0.1) is 39.8 Å². The first-order chi connectivity index (χ1) is 16.3. The van der Waals surface area contributed by atoms with Crippen LogP contribution < -0.4 is 0 Å². The highest BCUT2D eigenvalue weighted by molar-refractivity contribution is 7.13. The van der Waals surface area contributed by atoms with Gasteiger partial charge in [0.1, 0.15) is 5.92 Å². The zero-order chi connectivity index (χ0) is 24.4. The summed E-state index contributed by atoms with van der Waals surface area (Å²) < 4.78 is 5.36. The number of amides is 1. The number of thiazole rings is 1. The van der Waals surface area contributed by atoms with E-state index in [2.05, 4.69) is 9.88 Å². The van der Waals surface area contributed by atoms with Gasteiger partial charge in [-0.25, -0.2) is 4.98 Å². The molecule has 0 spiro atoms. The Hall–Kier alpha value is -3.02. The molecule has 34 heavy (non-hydrogen) atoms. The van der Waals surface area contributed by atoms with E-state index in [1.165, 1.54) is 34.4 Å². The zero-order valence-electron chi connectivity index (χ0n) is 19.1. The van der Waals surface area contributed by atoms with E-state index in [0.29, 0.717) is 40.8 Å². The van der Waals surface area contributed by atoms with Gasteiger partial charge in [-0.1, -0.05) is 12.1 Å². The average Bonchev–Trinajstić information content (AvgIpc) is 3.29. The molecule has 2 atom stereocenters. The number of hydrogen-bond acceptors (Lipinski definition) is 9. The SMILES string of the molecule is Cc1nc(C)c(C(=O)C2C(=O)C(=O)N(CCCN3CCOCC3)C2c2cccc([N+](=O)[O-])c2)s1. The molecule has 1 aromatic heterocycles. The quantitative estimate of drug-likeness (QED) is 0.183. The number of aromatic nitrogens is 1. The topological polar surface area (TPSA) is 123 Å². The Bertz CT molecular complexity index is 1130. The van der Waals surface area contributed by atoms with Crippen molar-refractivity contribution < 1.29 is 24.0 Å². The predicted molar refractivity (Wildman–Crippen MR) is 124 cm³/mol. The lowest BCUT2D eigenvalue weighted by atomic mass is 9.88. The Labute approximate surface area is 200 Å². The second-order valence-corrected chi connectivity index (χ2v) is 9.66. The Morgan fingerprint density at radius 3 is 2.62 bits per heavy atom. The van der Waals surface area contributed by atoms with Crippen molar-refractivity contribution in [3.05, 3.63) is 55.5 Å². The lowest BCUT2D eigenvalue weighted by Gasteiger charge is -2.30. The molecule has 1 amide bonds. The fourth-order valence-corrected chi connectivity index (χ4v) is 5.51. The highest BCUT2D eigenvalue weighted by Gasteiger charge is 2.52. The van der Waals surface area contributed by atoms with Crippen molar-refractivity contribution in [2.45, 2.75) is 26.3 Å². The maximum atomic E-state index is 13.5. The number of nitro groups is 1. The number of morpholine rings is 1. The highest BCUT2D eigenvalue weighted by Crippen LogP contribution is 2.40. The highest BCUT2D eigenvalue weighted by atomic mass is 32.1. The van der Waals surface area contributed by atoms with Gasteiger partial charge in [0.25, 0.3) is 11.6 Å². The third kappa shape index (κ3) is 4.77. The number of carbonyl (C=O) groups is 3. The van der Waals surface area contributed by atoms with Crippen molar-refractivity contribution in [1.82, 2.24) is 14.8 Å². The normalized spacial score (nSPS) is 21.3. The van der Waals surface area contributed by atoms with E-state index in [1.807, 2.05) is 0 Å².